The van der Waals surface area contributed by atoms with Gasteiger partial charge in [0.15, 0.2) is 0 Å². The Labute approximate surface area is 191 Å². The van der Waals surface area contributed by atoms with Crippen molar-refractivity contribution in [3.8, 4) is 0 Å². The molecule has 170 valence electrons. The van der Waals surface area contributed by atoms with Crippen LogP contribution in [0.3, 0.4) is 0 Å². The number of benzene rings is 2. The quantitative estimate of drug-likeness (QED) is 0.675. The van der Waals surface area contributed by atoms with Gasteiger partial charge in [-0.2, -0.15) is 0 Å². The Bertz CT molecular complexity index is 1060. The van der Waals surface area contributed by atoms with Gasteiger partial charge in [0.05, 0.1) is 11.9 Å². The van der Waals surface area contributed by atoms with Crippen LogP contribution in [-0.4, -0.2) is 26.6 Å². The second kappa shape index (κ2) is 7.91. The first-order chi connectivity index (χ1) is 15.2. The summed E-state index contributed by atoms with van der Waals surface area (Å²) in [6.07, 6.45) is 9.31. The molecule has 0 heterocycles. The van der Waals surface area contributed by atoms with Gasteiger partial charge in [-0.25, -0.2) is 8.42 Å². The number of sulfonamides is 1. The van der Waals surface area contributed by atoms with Crippen LogP contribution >= 0.6 is 0 Å². The lowest BCUT2D eigenvalue weighted by Gasteiger charge is -2.57. The van der Waals surface area contributed by atoms with E-state index in [0.717, 1.165) is 24.0 Å². The third-order valence-corrected chi connectivity index (χ3v) is 9.14. The molecule has 0 spiro atoms. The SMILES string of the molecule is CC(C(=O)Nc1ccc(C23CC4CC(CC(C4)C2)C3)cc1)N(c1ccccc1)S(C)(=O)=O. The average Bonchev–Trinajstić information content (AvgIpc) is 2.73. The predicted molar refractivity (Wildman–Crippen MR) is 128 cm³/mol. The van der Waals surface area contributed by atoms with Gasteiger partial charge in [-0.05, 0) is 98.4 Å². The van der Waals surface area contributed by atoms with Crippen molar-refractivity contribution in [1.82, 2.24) is 0 Å². The Morgan fingerprint density at radius 1 is 0.938 bits per heavy atom. The summed E-state index contributed by atoms with van der Waals surface area (Å²) in [6.45, 7) is 1.62. The zero-order valence-electron chi connectivity index (χ0n) is 18.8. The fraction of sp³-hybridized carbons (Fsp3) is 0.500. The van der Waals surface area contributed by atoms with Gasteiger partial charge < -0.3 is 5.32 Å². The molecule has 0 aliphatic heterocycles. The normalized spacial score (nSPS) is 29.5. The maximum absolute atomic E-state index is 13.0. The molecule has 6 rings (SSSR count). The summed E-state index contributed by atoms with van der Waals surface area (Å²) in [6, 6.07) is 16.2. The molecule has 1 amide bonds. The number of para-hydroxylation sites is 1. The number of carbonyl (C=O) groups is 1. The van der Waals surface area contributed by atoms with Crippen molar-refractivity contribution < 1.29 is 13.2 Å². The zero-order chi connectivity index (χ0) is 22.5. The molecule has 1 unspecified atom stereocenters. The van der Waals surface area contributed by atoms with Crippen molar-refractivity contribution in [2.75, 3.05) is 15.9 Å². The van der Waals surface area contributed by atoms with Crippen LogP contribution in [0, 0.1) is 17.8 Å². The maximum Gasteiger partial charge on any atom is 0.247 e. The highest BCUT2D eigenvalue weighted by Gasteiger charge is 2.51. The van der Waals surface area contributed by atoms with E-state index < -0.39 is 16.1 Å². The van der Waals surface area contributed by atoms with Crippen molar-refractivity contribution in [2.45, 2.75) is 56.9 Å². The summed E-state index contributed by atoms with van der Waals surface area (Å²) in [4.78, 5) is 13.0. The molecule has 0 radical (unpaired) electrons. The first-order valence-corrected chi connectivity index (χ1v) is 13.5. The second-order valence-electron chi connectivity index (χ2n) is 10.3. The third-order valence-electron chi connectivity index (χ3n) is 7.90. The minimum atomic E-state index is -3.61. The molecule has 32 heavy (non-hydrogen) atoms. The molecule has 4 aliphatic rings. The maximum atomic E-state index is 13.0. The lowest BCUT2D eigenvalue weighted by molar-refractivity contribution is -0.116. The van der Waals surface area contributed by atoms with Gasteiger partial charge in [-0.3, -0.25) is 9.10 Å². The fourth-order valence-electron chi connectivity index (χ4n) is 7.00. The van der Waals surface area contributed by atoms with Crippen LogP contribution in [-0.2, 0) is 20.2 Å². The molecular weight excluding hydrogens is 420 g/mol. The van der Waals surface area contributed by atoms with Crippen molar-refractivity contribution in [3.05, 3.63) is 60.2 Å². The fourth-order valence-corrected chi connectivity index (χ4v) is 8.18. The minimum absolute atomic E-state index is 0.324. The Morgan fingerprint density at radius 3 is 1.97 bits per heavy atom. The van der Waals surface area contributed by atoms with E-state index in [2.05, 4.69) is 17.4 Å². The number of amides is 1. The van der Waals surface area contributed by atoms with Crippen molar-refractivity contribution in [2.24, 2.45) is 17.8 Å². The van der Waals surface area contributed by atoms with Gasteiger partial charge in [-0.15, -0.1) is 0 Å². The van der Waals surface area contributed by atoms with E-state index in [1.807, 2.05) is 18.2 Å². The average molecular weight is 453 g/mol. The largest absolute Gasteiger partial charge is 0.324 e. The van der Waals surface area contributed by atoms with Gasteiger partial charge >= 0.3 is 0 Å². The van der Waals surface area contributed by atoms with Gasteiger partial charge in [0.25, 0.3) is 0 Å². The van der Waals surface area contributed by atoms with E-state index in [1.54, 1.807) is 31.2 Å². The van der Waals surface area contributed by atoms with Crippen LogP contribution in [0.2, 0.25) is 0 Å². The minimum Gasteiger partial charge on any atom is -0.324 e. The van der Waals surface area contributed by atoms with Crippen molar-refractivity contribution in [1.29, 1.82) is 0 Å². The Balaban J connectivity index is 1.32. The molecule has 5 nitrogen and oxygen atoms in total. The van der Waals surface area contributed by atoms with E-state index in [0.29, 0.717) is 16.8 Å². The summed E-state index contributed by atoms with van der Waals surface area (Å²) in [5, 5.41) is 2.92. The molecule has 1 atom stereocenters. The highest BCUT2D eigenvalue weighted by molar-refractivity contribution is 7.92. The molecule has 4 fully saturated rings. The number of nitrogens with zero attached hydrogens (tertiary/aromatic N) is 1. The lowest BCUT2D eigenvalue weighted by Crippen LogP contribution is -2.48. The number of nitrogens with one attached hydrogen (secondary N) is 1. The van der Waals surface area contributed by atoms with Crippen LogP contribution in [0.15, 0.2) is 54.6 Å². The highest BCUT2D eigenvalue weighted by Crippen LogP contribution is 2.60. The molecule has 6 heteroatoms. The van der Waals surface area contributed by atoms with E-state index in [4.69, 9.17) is 0 Å². The molecule has 2 aromatic carbocycles. The Hall–Kier alpha value is -2.34. The molecular formula is C26H32N2O3S. The highest BCUT2D eigenvalue weighted by atomic mass is 32.2. The van der Waals surface area contributed by atoms with E-state index >= 15 is 0 Å². The number of hydrogen-bond acceptors (Lipinski definition) is 3. The number of anilines is 2. The standard InChI is InChI=1S/C26H32N2O3S/c1-18(28(32(2,30)31)24-6-4-3-5-7-24)25(29)27-23-10-8-22(9-11-23)26-15-19-12-20(16-26)14-21(13-19)17-26/h3-11,18-21H,12-17H2,1-2H3,(H,27,29). The summed E-state index contributed by atoms with van der Waals surface area (Å²) < 4.78 is 26.0. The van der Waals surface area contributed by atoms with Crippen LogP contribution in [0.1, 0.15) is 51.0 Å². The van der Waals surface area contributed by atoms with E-state index in [9.17, 15) is 13.2 Å². The van der Waals surface area contributed by atoms with Gasteiger partial charge in [0.1, 0.15) is 6.04 Å². The Kier molecular flexibility index (Phi) is 5.31. The molecule has 0 saturated heterocycles. The van der Waals surface area contributed by atoms with Crippen LogP contribution in [0.5, 0.6) is 0 Å². The van der Waals surface area contributed by atoms with Crippen LogP contribution < -0.4 is 9.62 Å². The molecule has 4 saturated carbocycles. The molecule has 4 aliphatic carbocycles. The van der Waals surface area contributed by atoms with E-state index in [-0.39, 0.29) is 5.91 Å². The van der Waals surface area contributed by atoms with Gasteiger partial charge in [0, 0.05) is 5.69 Å². The zero-order valence-corrected chi connectivity index (χ0v) is 19.6. The first-order valence-electron chi connectivity index (χ1n) is 11.7. The molecule has 2 aromatic rings. The van der Waals surface area contributed by atoms with Gasteiger partial charge in [0.2, 0.25) is 15.9 Å². The number of hydrogen-bond donors (Lipinski definition) is 1. The molecule has 4 bridgehead atoms. The monoisotopic (exact) mass is 452 g/mol. The summed E-state index contributed by atoms with van der Waals surface area (Å²) in [7, 11) is -3.61. The first kappa shape index (κ1) is 21.5. The topological polar surface area (TPSA) is 66.5 Å². The predicted octanol–water partition coefficient (Wildman–Crippen LogP) is 4.95. The Morgan fingerprint density at radius 2 is 1.47 bits per heavy atom. The second-order valence-corrected chi connectivity index (χ2v) is 12.2. The lowest BCUT2D eigenvalue weighted by atomic mass is 9.48. The smallest absolute Gasteiger partial charge is 0.247 e. The summed E-state index contributed by atoms with van der Waals surface area (Å²) in [5.74, 6) is 2.33. The van der Waals surface area contributed by atoms with E-state index in [1.165, 1.54) is 48.4 Å². The van der Waals surface area contributed by atoms with Crippen molar-refractivity contribution in [3.63, 3.8) is 0 Å². The van der Waals surface area contributed by atoms with Crippen LogP contribution in [0.4, 0.5) is 11.4 Å². The molecule has 0 aromatic heterocycles. The van der Waals surface area contributed by atoms with Crippen LogP contribution in [0.25, 0.3) is 0 Å². The third kappa shape index (κ3) is 3.94. The number of carbonyl (C=O) groups excluding carboxylic acids is 1. The summed E-state index contributed by atoms with van der Waals surface area (Å²) >= 11 is 0. The van der Waals surface area contributed by atoms with Gasteiger partial charge in [-0.1, -0.05) is 30.3 Å². The van der Waals surface area contributed by atoms with Crippen molar-refractivity contribution >= 4 is 27.3 Å². The molecule has 1 N–H and O–H groups in total. The number of rotatable bonds is 6. The summed E-state index contributed by atoms with van der Waals surface area (Å²) in [5.41, 5.74) is 2.92.